The molecular weight excluding hydrogens is 460 g/mol. The van der Waals surface area contributed by atoms with Gasteiger partial charge in [-0.1, -0.05) is 35.5 Å². The van der Waals surface area contributed by atoms with Gasteiger partial charge in [0.2, 0.25) is 11.7 Å². The van der Waals surface area contributed by atoms with Crippen molar-refractivity contribution in [1.82, 2.24) is 15.0 Å². The van der Waals surface area contributed by atoms with Crippen molar-refractivity contribution < 1.29 is 23.6 Å². The average molecular weight is 482 g/mol. The van der Waals surface area contributed by atoms with Crippen LogP contribution in [0.1, 0.15) is 49.5 Å². The number of fused-ring (bicyclic) bond motifs is 1. The van der Waals surface area contributed by atoms with E-state index >= 15 is 0 Å². The summed E-state index contributed by atoms with van der Waals surface area (Å²) in [5.41, 5.74) is 2.73. The SMILES string of the molecule is CCOc1ccc(CN2C(=O)c3ccccc3C2=O)cc1C(=O)Nc1ccccc1-c1noc(C)n1. The first-order chi connectivity index (χ1) is 17.5. The number of amides is 3. The molecule has 0 bridgehead atoms. The fourth-order valence-electron chi connectivity index (χ4n) is 4.09. The summed E-state index contributed by atoms with van der Waals surface area (Å²) >= 11 is 0. The average Bonchev–Trinajstić information content (AvgIpc) is 3.42. The van der Waals surface area contributed by atoms with Gasteiger partial charge in [-0.05, 0) is 48.9 Å². The van der Waals surface area contributed by atoms with Gasteiger partial charge in [-0.15, -0.1) is 0 Å². The zero-order valence-corrected chi connectivity index (χ0v) is 19.6. The molecule has 9 nitrogen and oxygen atoms in total. The fourth-order valence-corrected chi connectivity index (χ4v) is 4.09. The van der Waals surface area contributed by atoms with Crippen LogP contribution in [0.25, 0.3) is 11.4 Å². The number of benzene rings is 3. The molecule has 1 aliphatic heterocycles. The number of aromatic nitrogens is 2. The van der Waals surface area contributed by atoms with E-state index in [0.29, 0.717) is 52.0 Å². The molecule has 0 fully saturated rings. The van der Waals surface area contributed by atoms with E-state index in [-0.39, 0.29) is 23.9 Å². The van der Waals surface area contributed by atoms with Crippen molar-refractivity contribution in [2.24, 2.45) is 0 Å². The Morgan fingerprint density at radius 1 is 0.972 bits per heavy atom. The minimum absolute atomic E-state index is 0.0256. The van der Waals surface area contributed by atoms with Gasteiger partial charge in [-0.2, -0.15) is 4.98 Å². The Morgan fingerprint density at radius 3 is 2.28 bits per heavy atom. The molecular formula is C27H22N4O5. The van der Waals surface area contributed by atoms with E-state index in [2.05, 4.69) is 15.5 Å². The molecule has 4 aromatic rings. The van der Waals surface area contributed by atoms with Gasteiger partial charge in [0.15, 0.2) is 0 Å². The number of hydrogen-bond acceptors (Lipinski definition) is 7. The van der Waals surface area contributed by atoms with E-state index in [4.69, 9.17) is 9.26 Å². The van der Waals surface area contributed by atoms with Crippen molar-refractivity contribution in [1.29, 1.82) is 0 Å². The Morgan fingerprint density at radius 2 is 1.64 bits per heavy atom. The Balaban J connectivity index is 1.43. The number of ether oxygens (including phenoxy) is 1. The normalized spacial score (nSPS) is 12.6. The number of anilines is 1. The zero-order chi connectivity index (χ0) is 25.2. The largest absolute Gasteiger partial charge is 0.493 e. The number of aryl methyl sites for hydroxylation is 1. The highest BCUT2D eigenvalue weighted by atomic mass is 16.5. The number of imide groups is 1. The summed E-state index contributed by atoms with van der Waals surface area (Å²) in [4.78, 5) is 44.4. The molecule has 180 valence electrons. The summed E-state index contributed by atoms with van der Waals surface area (Å²) in [6, 6.07) is 18.9. The van der Waals surface area contributed by atoms with Crippen LogP contribution in [0.4, 0.5) is 5.69 Å². The van der Waals surface area contributed by atoms with Gasteiger partial charge in [0.1, 0.15) is 5.75 Å². The predicted octanol–water partition coefficient (Wildman–Crippen LogP) is 4.49. The quantitative estimate of drug-likeness (QED) is 0.386. The Labute approximate surface area is 206 Å². The Bertz CT molecular complexity index is 1460. The molecule has 3 aromatic carbocycles. The molecule has 3 amide bonds. The summed E-state index contributed by atoms with van der Waals surface area (Å²) < 4.78 is 10.8. The summed E-state index contributed by atoms with van der Waals surface area (Å²) in [5, 5.41) is 6.84. The number of nitrogens with zero attached hydrogens (tertiary/aromatic N) is 3. The molecule has 0 radical (unpaired) electrons. The highest BCUT2D eigenvalue weighted by Gasteiger charge is 2.35. The van der Waals surface area contributed by atoms with E-state index in [0.717, 1.165) is 0 Å². The first kappa shape index (κ1) is 23.0. The van der Waals surface area contributed by atoms with E-state index in [1.165, 1.54) is 4.90 Å². The van der Waals surface area contributed by atoms with Crippen molar-refractivity contribution >= 4 is 23.4 Å². The molecule has 0 unspecified atom stereocenters. The van der Waals surface area contributed by atoms with E-state index in [1.54, 1.807) is 67.6 Å². The molecule has 0 atom stereocenters. The van der Waals surface area contributed by atoms with Crippen molar-refractivity contribution in [3.05, 3.63) is 94.9 Å². The molecule has 5 rings (SSSR count). The molecule has 1 aromatic heterocycles. The number of carbonyl (C=O) groups excluding carboxylic acids is 3. The van der Waals surface area contributed by atoms with Gasteiger partial charge in [-0.3, -0.25) is 19.3 Å². The van der Waals surface area contributed by atoms with Gasteiger partial charge in [0.25, 0.3) is 17.7 Å². The monoisotopic (exact) mass is 482 g/mol. The Hall–Kier alpha value is -4.79. The highest BCUT2D eigenvalue weighted by Crippen LogP contribution is 2.29. The van der Waals surface area contributed by atoms with Crippen LogP contribution in [-0.4, -0.2) is 39.4 Å². The van der Waals surface area contributed by atoms with Crippen LogP contribution in [0.2, 0.25) is 0 Å². The highest BCUT2D eigenvalue weighted by molar-refractivity contribution is 6.21. The van der Waals surface area contributed by atoms with Crippen LogP contribution in [0.5, 0.6) is 5.75 Å². The lowest BCUT2D eigenvalue weighted by atomic mass is 10.1. The van der Waals surface area contributed by atoms with E-state index < -0.39 is 5.91 Å². The molecule has 1 aliphatic rings. The molecule has 0 aliphatic carbocycles. The topological polar surface area (TPSA) is 115 Å². The number of para-hydroxylation sites is 1. The van der Waals surface area contributed by atoms with Gasteiger partial charge in [-0.25, -0.2) is 0 Å². The van der Waals surface area contributed by atoms with Crippen molar-refractivity contribution in [2.75, 3.05) is 11.9 Å². The maximum Gasteiger partial charge on any atom is 0.261 e. The molecule has 9 heteroatoms. The second-order valence-electron chi connectivity index (χ2n) is 8.14. The Kier molecular flexibility index (Phi) is 6.03. The minimum atomic E-state index is -0.421. The molecule has 2 heterocycles. The predicted molar refractivity (Wildman–Crippen MR) is 131 cm³/mol. The minimum Gasteiger partial charge on any atom is -0.493 e. The lowest BCUT2D eigenvalue weighted by Gasteiger charge is -2.17. The van der Waals surface area contributed by atoms with Crippen LogP contribution in [0.3, 0.4) is 0 Å². The third kappa shape index (κ3) is 4.22. The summed E-state index contributed by atoms with van der Waals surface area (Å²) in [6.45, 7) is 3.89. The van der Waals surface area contributed by atoms with E-state index in [9.17, 15) is 14.4 Å². The smallest absolute Gasteiger partial charge is 0.261 e. The third-order valence-corrected chi connectivity index (χ3v) is 5.75. The number of hydrogen-bond donors (Lipinski definition) is 1. The van der Waals surface area contributed by atoms with Crippen LogP contribution >= 0.6 is 0 Å². The maximum absolute atomic E-state index is 13.4. The summed E-state index contributed by atoms with van der Waals surface area (Å²) in [5.74, 6) is 0.00221. The van der Waals surface area contributed by atoms with Crippen molar-refractivity contribution in [3.8, 4) is 17.1 Å². The third-order valence-electron chi connectivity index (χ3n) is 5.75. The van der Waals surface area contributed by atoms with Crippen LogP contribution in [-0.2, 0) is 6.54 Å². The molecule has 1 N–H and O–H groups in total. The van der Waals surface area contributed by atoms with Gasteiger partial charge in [0.05, 0.1) is 35.5 Å². The fraction of sp³-hybridized carbons (Fsp3) is 0.148. The first-order valence-electron chi connectivity index (χ1n) is 11.4. The maximum atomic E-state index is 13.4. The molecule has 0 saturated heterocycles. The lowest BCUT2D eigenvalue weighted by molar-refractivity contribution is 0.0642. The molecule has 0 saturated carbocycles. The second-order valence-corrected chi connectivity index (χ2v) is 8.14. The van der Waals surface area contributed by atoms with Crippen molar-refractivity contribution in [2.45, 2.75) is 20.4 Å². The zero-order valence-electron chi connectivity index (χ0n) is 19.6. The lowest BCUT2D eigenvalue weighted by Crippen LogP contribution is -2.29. The summed E-state index contributed by atoms with van der Waals surface area (Å²) in [6.07, 6.45) is 0. The van der Waals surface area contributed by atoms with Crippen LogP contribution in [0, 0.1) is 6.92 Å². The molecule has 36 heavy (non-hydrogen) atoms. The first-order valence-corrected chi connectivity index (χ1v) is 11.4. The molecule has 0 spiro atoms. The van der Waals surface area contributed by atoms with Gasteiger partial charge in [0, 0.05) is 12.5 Å². The second kappa shape index (κ2) is 9.46. The van der Waals surface area contributed by atoms with Crippen molar-refractivity contribution in [3.63, 3.8) is 0 Å². The summed E-state index contributed by atoms with van der Waals surface area (Å²) in [7, 11) is 0. The van der Waals surface area contributed by atoms with Gasteiger partial charge < -0.3 is 14.6 Å². The number of rotatable bonds is 7. The van der Waals surface area contributed by atoms with Crippen LogP contribution < -0.4 is 10.1 Å². The van der Waals surface area contributed by atoms with Crippen LogP contribution in [0.15, 0.2) is 71.3 Å². The standard InChI is InChI=1S/C27H22N4O5/c1-3-35-23-13-12-17(15-31-26(33)18-8-4-5-9-19(18)27(31)34)14-21(23)25(32)29-22-11-7-6-10-20(22)24-28-16(2)36-30-24/h4-14H,3,15H2,1-2H3,(H,29,32). The number of carbonyl (C=O) groups is 3. The van der Waals surface area contributed by atoms with Gasteiger partial charge >= 0.3 is 0 Å². The van der Waals surface area contributed by atoms with E-state index in [1.807, 2.05) is 13.0 Å². The number of nitrogens with one attached hydrogen (secondary N) is 1.